The van der Waals surface area contributed by atoms with Gasteiger partial charge in [0.15, 0.2) is 51.7 Å². The van der Waals surface area contributed by atoms with Crippen LogP contribution in [-0.4, -0.2) is 46.0 Å². The quantitative estimate of drug-likeness (QED) is 0.124. The first kappa shape index (κ1) is 25.8. The SMILES string of the molecule is Oc1cc(C#Cc2cc(C#Cc3cc(O)c(O)c(O)c3)cc(C#Cc3cc(O)c(O)c(O)c3)c2)cc(O)c1O. The van der Waals surface area contributed by atoms with E-state index in [-0.39, 0.29) is 16.7 Å². The minimum absolute atomic E-state index is 0.206. The molecule has 9 N–H and O–H groups in total. The van der Waals surface area contributed by atoms with Crippen molar-refractivity contribution in [3.05, 3.63) is 88.0 Å². The fraction of sp³-hybridized carbons (Fsp3) is 0. The minimum Gasteiger partial charge on any atom is -0.504 e. The van der Waals surface area contributed by atoms with Gasteiger partial charge in [0, 0.05) is 33.4 Å². The lowest BCUT2D eigenvalue weighted by Crippen LogP contribution is -1.86. The molecule has 0 amide bonds. The summed E-state index contributed by atoms with van der Waals surface area (Å²) in [4.78, 5) is 0. The van der Waals surface area contributed by atoms with Crippen molar-refractivity contribution in [2.45, 2.75) is 0 Å². The van der Waals surface area contributed by atoms with Gasteiger partial charge in [-0.05, 0) is 54.6 Å². The van der Waals surface area contributed by atoms with E-state index < -0.39 is 51.7 Å². The first-order chi connectivity index (χ1) is 18.5. The zero-order valence-corrected chi connectivity index (χ0v) is 19.7. The Hall–Kier alpha value is -6.24. The van der Waals surface area contributed by atoms with Gasteiger partial charge in [0.05, 0.1) is 0 Å². The molecule has 0 saturated carbocycles. The number of phenolic OH excluding ortho intramolecular Hbond substituents is 9. The largest absolute Gasteiger partial charge is 0.504 e. The van der Waals surface area contributed by atoms with Crippen LogP contribution >= 0.6 is 0 Å². The van der Waals surface area contributed by atoms with Gasteiger partial charge in [0.2, 0.25) is 0 Å². The maximum atomic E-state index is 9.72. The number of rotatable bonds is 0. The van der Waals surface area contributed by atoms with E-state index in [1.165, 1.54) is 36.4 Å². The zero-order chi connectivity index (χ0) is 28.3. The predicted molar refractivity (Wildman–Crippen MR) is 139 cm³/mol. The highest BCUT2D eigenvalue weighted by molar-refractivity contribution is 5.61. The van der Waals surface area contributed by atoms with Crippen LogP contribution in [0.4, 0.5) is 0 Å². The van der Waals surface area contributed by atoms with Crippen molar-refractivity contribution in [3.63, 3.8) is 0 Å². The molecule has 9 heteroatoms. The minimum atomic E-state index is -0.673. The molecule has 0 radical (unpaired) electrons. The molecule has 0 atom stereocenters. The molecule has 4 aromatic carbocycles. The third kappa shape index (κ3) is 5.95. The highest BCUT2D eigenvalue weighted by Crippen LogP contribution is 2.36. The zero-order valence-electron chi connectivity index (χ0n) is 19.7. The summed E-state index contributed by atoms with van der Waals surface area (Å²) in [5, 5.41) is 86.9. The fourth-order valence-corrected chi connectivity index (χ4v) is 3.31. The van der Waals surface area contributed by atoms with Gasteiger partial charge in [0.25, 0.3) is 0 Å². The molecule has 0 aromatic heterocycles. The molecular weight excluding hydrogens is 504 g/mol. The maximum absolute atomic E-state index is 9.72. The molecule has 0 aliphatic heterocycles. The predicted octanol–water partition coefficient (Wildman–Crippen LogP) is 3.24. The first-order valence-corrected chi connectivity index (χ1v) is 11.0. The van der Waals surface area contributed by atoms with E-state index in [4.69, 9.17) is 0 Å². The summed E-state index contributed by atoms with van der Waals surface area (Å²) in [5.41, 5.74) is 1.84. The van der Waals surface area contributed by atoms with Crippen LogP contribution in [0.3, 0.4) is 0 Å². The van der Waals surface area contributed by atoms with E-state index in [2.05, 4.69) is 35.5 Å². The summed E-state index contributed by atoms with van der Waals surface area (Å²) in [5.74, 6) is 11.5. The molecule has 0 saturated heterocycles. The Morgan fingerprint density at radius 1 is 0.256 bits per heavy atom. The van der Waals surface area contributed by atoms with Crippen molar-refractivity contribution in [3.8, 4) is 87.3 Å². The van der Waals surface area contributed by atoms with Crippen molar-refractivity contribution >= 4 is 0 Å². The molecule has 0 aliphatic rings. The Morgan fingerprint density at radius 3 is 0.590 bits per heavy atom. The smallest absolute Gasteiger partial charge is 0.200 e. The Kier molecular flexibility index (Phi) is 6.89. The Labute approximate surface area is 221 Å². The van der Waals surface area contributed by atoms with Crippen LogP contribution < -0.4 is 0 Å². The highest BCUT2D eigenvalue weighted by Gasteiger charge is 2.09. The number of phenols is 9. The topological polar surface area (TPSA) is 182 Å². The molecule has 0 spiro atoms. The molecule has 0 aliphatic carbocycles. The summed E-state index contributed by atoms with van der Waals surface area (Å²) in [6.45, 7) is 0. The maximum Gasteiger partial charge on any atom is 0.200 e. The van der Waals surface area contributed by atoms with E-state index in [0.717, 1.165) is 0 Å². The molecule has 4 rings (SSSR count). The highest BCUT2D eigenvalue weighted by atomic mass is 16.3. The van der Waals surface area contributed by atoms with Crippen LogP contribution in [0.5, 0.6) is 51.7 Å². The first-order valence-electron chi connectivity index (χ1n) is 11.0. The van der Waals surface area contributed by atoms with Crippen LogP contribution in [0, 0.1) is 35.5 Å². The van der Waals surface area contributed by atoms with Crippen LogP contribution in [0.15, 0.2) is 54.6 Å². The Morgan fingerprint density at radius 2 is 0.410 bits per heavy atom. The molecule has 0 unspecified atom stereocenters. The summed E-state index contributed by atoms with van der Waals surface area (Å²) in [7, 11) is 0. The number of benzene rings is 4. The van der Waals surface area contributed by atoms with Crippen LogP contribution in [-0.2, 0) is 0 Å². The van der Waals surface area contributed by atoms with E-state index in [9.17, 15) is 46.0 Å². The molecule has 4 aromatic rings. The third-order valence-corrected chi connectivity index (χ3v) is 5.20. The van der Waals surface area contributed by atoms with Gasteiger partial charge < -0.3 is 46.0 Å². The molecule has 0 fully saturated rings. The summed E-state index contributed by atoms with van der Waals surface area (Å²) in [6, 6.07) is 11.8. The Bertz CT molecular complexity index is 1530. The van der Waals surface area contributed by atoms with Crippen LogP contribution in [0.2, 0.25) is 0 Å². The number of hydrogen-bond acceptors (Lipinski definition) is 9. The Balaban J connectivity index is 1.79. The summed E-state index contributed by atoms with van der Waals surface area (Å²) < 4.78 is 0. The van der Waals surface area contributed by atoms with Gasteiger partial charge in [-0.25, -0.2) is 0 Å². The van der Waals surface area contributed by atoms with Gasteiger partial charge in [-0.15, -0.1) is 0 Å². The lowest BCUT2D eigenvalue weighted by Gasteiger charge is -2.02. The van der Waals surface area contributed by atoms with E-state index in [1.807, 2.05) is 0 Å². The normalized spacial score (nSPS) is 9.85. The second-order valence-corrected chi connectivity index (χ2v) is 8.14. The van der Waals surface area contributed by atoms with Crippen LogP contribution in [0.25, 0.3) is 0 Å². The van der Waals surface area contributed by atoms with E-state index in [1.54, 1.807) is 18.2 Å². The van der Waals surface area contributed by atoms with E-state index in [0.29, 0.717) is 16.7 Å². The second-order valence-electron chi connectivity index (χ2n) is 8.14. The molecule has 39 heavy (non-hydrogen) atoms. The summed E-state index contributed by atoms with van der Waals surface area (Å²) in [6.07, 6.45) is 0. The van der Waals surface area contributed by atoms with Gasteiger partial charge in [-0.1, -0.05) is 35.5 Å². The van der Waals surface area contributed by atoms with Crippen molar-refractivity contribution in [1.29, 1.82) is 0 Å². The standard InChI is InChI=1S/C30H18O9/c31-22-10-19(11-23(32)28(22)37)4-1-16-7-17(2-5-20-12-24(33)29(38)25(34)13-20)9-18(8-16)3-6-21-14-26(35)30(39)27(36)15-21/h7-15,31-39H. The van der Waals surface area contributed by atoms with E-state index >= 15 is 0 Å². The molecule has 0 bridgehead atoms. The van der Waals surface area contributed by atoms with Crippen LogP contribution in [0.1, 0.15) is 33.4 Å². The van der Waals surface area contributed by atoms with Crippen molar-refractivity contribution in [2.24, 2.45) is 0 Å². The lowest BCUT2D eigenvalue weighted by atomic mass is 10.0. The fourth-order valence-electron chi connectivity index (χ4n) is 3.31. The number of hydrogen-bond donors (Lipinski definition) is 9. The summed E-state index contributed by atoms with van der Waals surface area (Å²) >= 11 is 0. The van der Waals surface area contributed by atoms with Crippen molar-refractivity contribution in [2.75, 3.05) is 0 Å². The van der Waals surface area contributed by atoms with Crippen molar-refractivity contribution < 1.29 is 46.0 Å². The second kappa shape index (κ2) is 10.4. The molecular formula is C30H18O9. The number of aromatic hydroxyl groups is 9. The van der Waals surface area contributed by atoms with Gasteiger partial charge in [0.1, 0.15) is 0 Å². The average molecular weight is 522 g/mol. The molecule has 9 nitrogen and oxygen atoms in total. The van der Waals surface area contributed by atoms with Crippen molar-refractivity contribution in [1.82, 2.24) is 0 Å². The molecule has 192 valence electrons. The van der Waals surface area contributed by atoms with Gasteiger partial charge in [-0.3, -0.25) is 0 Å². The van der Waals surface area contributed by atoms with Gasteiger partial charge >= 0.3 is 0 Å². The monoisotopic (exact) mass is 522 g/mol. The lowest BCUT2D eigenvalue weighted by molar-refractivity contribution is 0.367. The third-order valence-electron chi connectivity index (χ3n) is 5.20. The van der Waals surface area contributed by atoms with Gasteiger partial charge in [-0.2, -0.15) is 0 Å². The average Bonchev–Trinajstić information content (AvgIpc) is 2.89. The molecule has 0 heterocycles.